The number of carbonyl (C=O) groups excluding carboxylic acids is 1. The van der Waals surface area contributed by atoms with Crippen LogP contribution >= 0.6 is 0 Å². The Morgan fingerprint density at radius 1 is 0.923 bits per heavy atom. The third kappa shape index (κ3) is 4.75. The van der Waals surface area contributed by atoms with Crippen LogP contribution in [0.3, 0.4) is 0 Å². The minimum absolute atomic E-state index is 0.175. The molecular formula is C17H32N4O4S. The highest BCUT2D eigenvalue weighted by molar-refractivity contribution is 7.86. The number of amides is 1. The Hall–Kier alpha value is -0.740. The lowest BCUT2D eigenvalue weighted by molar-refractivity contribution is -0.131. The van der Waals surface area contributed by atoms with Crippen LogP contribution in [-0.2, 0) is 19.7 Å². The summed E-state index contributed by atoms with van der Waals surface area (Å²) in [7, 11) is -3.48. The summed E-state index contributed by atoms with van der Waals surface area (Å²) >= 11 is 0. The van der Waals surface area contributed by atoms with E-state index in [-0.39, 0.29) is 5.91 Å². The van der Waals surface area contributed by atoms with Crippen LogP contribution in [-0.4, -0.2) is 104 Å². The van der Waals surface area contributed by atoms with Gasteiger partial charge in [0, 0.05) is 45.8 Å². The van der Waals surface area contributed by atoms with Crippen molar-refractivity contribution in [2.45, 2.75) is 38.7 Å². The van der Waals surface area contributed by atoms with Crippen molar-refractivity contribution in [1.29, 1.82) is 0 Å². The lowest BCUT2D eigenvalue weighted by Gasteiger charge is -2.39. The summed E-state index contributed by atoms with van der Waals surface area (Å²) in [6.07, 6.45) is 2.93. The smallest absolute Gasteiger partial charge is 0.282 e. The zero-order chi connectivity index (χ0) is 18.8. The number of hydrogen-bond donors (Lipinski definition) is 0. The highest BCUT2D eigenvalue weighted by Gasteiger charge is 2.38. The average Bonchev–Trinajstić information content (AvgIpc) is 3.01. The highest BCUT2D eigenvalue weighted by Crippen LogP contribution is 2.22. The standard InChI is InChI=1S/C17H32N4O4S/c1-17(2)15-21(12-13-25-17)26(23,24)20-9-5-6-18(10-11-20)14-16(22)19-7-3-4-8-19/h3-15H2,1-2H3. The molecule has 150 valence electrons. The molecule has 0 saturated carbocycles. The number of likely N-dealkylation sites (tertiary alicyclic amines) is 1. The minimum atomic E-state index is -3.48. The second-order valence-electron chi connectivity index (χ2n) is 8.07. The molecule has 0 atom stereocenters. The van der Waals surface area contributed by atoms with E-state index >= 15 is 0 Å². The van der Waals surface area contributed by atoms with Crippen molar-refractivity contribution in [3.05, 3.63) is 0 Å². The van der Waals surface area contributed by atoms with Gasteiger partial charge in [-0.05, 0) is 39.7 Å². The number of hydrogen-bond acceptors (Lipinski definition) is 5. The Kier molecular flexibility index (Phi) is 6.23. The van der Waals surface area contributed by atoms with E-state index in [1.807, 2.05) is 18.7 Å². The van der Waals surface area contributed by atoms with E-state index < -0.39 is 15.8 Å². The SMILES string of the molecule is CC1(C)CN(S(=O)(=O)N2CCCN(CC(=O)N3CCCC3)CC2)CCO1. The number of carbonyl (C=O) groups is 1. The Labute approximate surface area is 157 Å². The van der Waals surface area contributed by atoms with Crippen molar-refractivity contribution < 1.29 is 17.9 Å². The van der Waals surface area contributed by atoms with E-state index in [0.29, 0.717) is 45.9 Å². The molecular weight excluding hydrogens is 356 g/mol. The highest BCUT2D eigenvalue weighted by atomic mass is 32.2. The van der Waals surface area contributed by atoms with Crippen molar-refractivity contribution in [1.82, 2.24) is 18.4 Å². The second kappa shape index (κ2) is 8.10. The molecule has 3 heterocycles. The number of rotatable bonds is 4. The summed E-state index contributed by atoms with van der Waals surface area (Å²) in [6.45, 7) is 9.48. The van der Waals surface area contributed by atoms with Crippen molar-refractivity contribution >= 4 is 16.1 Å². The van der Waals surface area contributed by atoms with Crippen molar-refractivity contribution in [3.63, 3.8) is 0 Å². The van der Waals surface area contributed by atoms with E-state index in [2.05, 4.69) is 4.90 Å². The Bertz CT molecular complexity index is 604. The first-order chi connectivity index (χ1) is 12.3. The predicted octanol–water partition coefficient (Wildman–Crippen LogP) is -0.0279. The molecule has 0 aliphatic carbocycles. The molecule has 3 saturated heterocycles. The van der Waals surface area contributed by atoms with E-state index in [1.165, 1.54) is 0 Å². The van der Waals surface area contributed by atoms with Crippen LogP contribution in [0.15, 0.2) is 0 Å². The van der Waals surface area contributed by atoms with Gasteiger partial charge in [0.2, 0.25) is 5.91 Å². The maximum absolute atomic E-state index is 13.0. The lowest BCUT2D eigenvalue weighted by atomic mass is 10.1. The molecule has 3 fully saturated rings. The van der Waals surface area contributed by atoms with Crippen molar-refractivity contribution in [2.24, 2.45) is 0 Å². The van der Waals surface area contributed by atoms with Gasteiger partial charge in [0.1, 0.15) is 0 Å². The van der Waals surface area contributed by atoms with Crippen molar-refractivity contribution in [2.75, 3.05) is 65.5 Å². The molecule has 0 aromatic rings. The Morgan fingerprint density at radius 2 is 1.65 bits per heavy atom. The van der Waals surface area contributed by atoms with Gasteiger partial charge < -0.3 is 9.64 Å². The molecule has 0 N–H and O–H groups in total. The molecule has 0 radical (unpaired) electrons. The monoisotopic (exact) mass is 388 g/mol. The van der Waals surface area contributed by atoms with Gasteiger partial charge in [-0.3, -0.25) is 9.69 Å². The number of nitrogens with zero attached hydrogens (tertiary/aromatic N) is 4. The Balaban J connectivity index is 1.56. The predicted molar refractivity (Wildman–Crippen MR) is 99.0 cm³/mol. The maximum atomic E-state index is 13.0. The molecule has 0 unspecified atom stereocenters. The van der Waals surface area contributed by atoms with Gasteiger partial charge in [-0.1, -0.05) is 0 Å². The molecule has 3 rings (SSSR count). The molecule has 0 aromatic carbocycles. The zero-order valence-corrected chi connectivity index (χ0v) is 16.8. The van der Waals surface area contributed by atoms with Gasteiger partial charge in [-0.15, -0.1) is 0 Å². The van der Waals surface area contributed by atoms with Crippen molar-refractivity contribution in [3.8, 4) is 0 Å². The molecule has 0 aromatic heterocycles. The summed E-state index contributed by atoms with van der Waals surface area (Å²) in [4.78, 5) is 16.4. The molecule has 8 nitrogen and oxygen atoms in total. The largest absolute Gasteiger partial charge is 0.373 e. The van der Waals surface area contributed by atoms with E-state index in [0.717, 1.165) is 38.9 Å². The van der Waals surface area contributed by atoms with Crippen LogP contribution in [0, 0.1) is 0 Å². The summed E-state index contributed by atoms with van der Waals surface area (Å²) < 4.78 is 34.8. The third-order valence-corrected chi connectivity index (χ3v) is 7.39. The fourth-order valence-corrected chi connectivity index (χ4v) is 5.71. The third-order valence-electron chi connectivity index (χ3n) is 5.41. The molecule has 0 bridgehead atoms. The average molecular weight is 389 g/mol. The quantitative estimate of drug-likeness (QED) is 0.676. The van der Waals surface area contributed by atoms with Crippen LogP contribution in [0.4, 0.5) is 0 Å². The van der Waals surface area contributed by atoms with Gasteiger partial charge in [0.05, 0.1) is 18.8 Å². The molecule has 3 aliphatic heterocycles. The Morgan fingerprint density at radius 3 is 2.35 bits per heavy atom. The van der Waals surface area contributed by atoms with Gasteiger partial charge in [-0.2, -0.15) is 17.0 Å². The lowest BCUT2D eigenvalue weighted by Crippen LogP contribution is -2.55. The molecule has 1 amide bonds. The van der Waals surface area contributed by atoms with Gasteiger partial charge in [-0.25, -0.2) is 0 Å². The molecule has 9 heteroatoms. The fraction of sp³-hybridized carbons (Fsp3) is 0.941. The first-order valence-corrected chi connectivity index (χ1v) is 11.1. The first kappa shape index (κ1) is 20.0. The normalized spacial score (nSPS) is 26.8. The second-order valence-corrected chi connectivity index (χ2v) is 9.99. The summed E-state index contributed by atoms with van der Waals surface area (Å²) in [5, 5.41) is 0. The minimum Gasteiger partial charge on any atom is -0.373 e. The summed E-state index contributed by atoms with van der Waals surface area (Å²) in [5.74, 6) is 0.175. The summed E-state index contributed by atoms with van der Waals surface area (Å²) in [6, 6.07) is 0. The summed E-state index contributed by atoms with van der Waals surface area (Å²) in [5.41, 5.74) is -0.453. The fourth-order valence-electron chi connectivity index (χ4n) is 3.93. The molecule has 26 heavy (non-hydrogen) atoms. The first-order valence-electron chi connectivity index (χ1n) is 9.67. The van der Waals surface area contributed by atoms with Gasteiger partial charge in [0.25, 0.3) is 10.2 Å². The zero-order valence-electron chi connectivity index (χ0n) is 16.0. The number of morpholine rings is 1. The van der Waals surface area contributed by atoms with Crippen LogP contribution in [0.1, 0.15) is 33.1 Å². The van der Waals surface area contributed by atoms with Crippen LogP contribution in [0.25, 0.3) is 0 Å². The van der Waals surface area contributed by atoms with E-state index in [9.17, 15) is 13.2 Å². The van der Waals surface area contributed by atoms with E-state index in [1.54, 1.807) is 8.61 Å². The molecule has 3 aliphatic rings. The maximum Gasteiger partial charge on any atom is 0.282 e. The number of ether oxygens (including phenoxy) is 1. The van der Waals surface area contributed by atoms with Gasteiger partial charge in [0.15, 0.2) is 0 Å². The molecule has 0 spiro atoms. The van der Waals surface area contributed by atoms with Crippen LogP contribution in [0.2, 0.25) is 0 Å². The van der Waals surface area contributed by atoms with E-state index in [4.69, 9.17) is 4.74 Å². The van der Waals surface area contributed by atoms with Crippen LogP contribution in [0.5, 0.6) is 0 Å². The van der Waals surface area contributed by atoms with Gasteiger partial charge >= 0.3 is 0 Å². The van der Waals surface area contributed by atoms with Crippen LogP contribution < -0.4 is 0 Å². The topological polar surface area (TPSA) is 73.4 Å².